The Morgan fingerprint density at radius 1 is 1.33 bits per heavy atom. The van der Waals surface area contributed by atoms with E-state index in [1.54, 1.807) is 0 Å². The molecule has 1 fully saturated rings. The predicted molar refractivity (Wildman–Crippen MR) is 77.0 cm³/mol. The lowest BCUT2D eigenvalue weighted by atomic mass is 10.2. The van der Waals surface area contributed by atoms with E-state index in [9.17, 15) is 4.53 Å². The Balaban J connectivity index is 0.000000579. The molecule has 2 rings (SSSR count). The number of halogens is 1. The van der Waals surface area contributed by atoms with E-state index in [1.807, 2.05) is 39.0 Å². The molecule has 0 atom stereocenters. The number of hydrogen-bond donors (Lipinski definition) is 1. The zero-order valence-corrected chi connectivity index (χ0v) is 12.7. The smallest absolute Gasteiger partial charge is 0.337 e. The van der Waals surface area contributed by atoms with Gasteiger partial charge in [-0.2, -0.15) is 0 Å². The summed E-state index contributed by atoms with van der Waals surface area (Å²) in [6.45, 7) is 6.07. The van der Waals surface area contributed by atoms with Gasteiger partial charge in [-0.1, -0.05) is 19.9 Å². The molecule has 5 nitrogen and oxygen atoms in total. The number of carbonyl (C=O) groups is 1. The summed E-state index contributed by atoms with van der Waals surface area (Å²) in [6.07, 6.45) is 2.63. The summed E-state index contributed by atoms with van der Waals surface area (Å²) in [5.41, 5.74) is 1.15. The van der Waals surface area contributed by atoms with Crippen LogP contribution in [0.4, 0.5) is 4.53 Å². The van der Waals surface area contributed by atoms with Gasteiger partial charge in [0.1, 0.15) is 6.61 Å². The lowest BCUT2D eigenvalue weighted by Crippen LogP contribution is -2.05. The van der Waals surface area contributed by atoms with Crippen molar-refractivity contribution in [3.8, 4) is 11.5 Å². The van der Waals surface area contributed by atoms with Gasteiger partial charge in [0.25, 0.3) is 0 Å². The second-order valence-corrected chi connectivity index (χ2v) is 4.02. The van der Waals surface area contributed by atoms with Crippen molar-refractivity contribution in [2.24, 2.45) is 0 Å². The standard InChI is InChI=1S/C12H16O3.C2H6.CHFO2/c1-9-2-5-11(14-7-6-13)12(8-9)15-10-3-4-10;1-2;2-4-1-3/h2,5,8,10,13H,3-4,6-7H2,1H3;1-2H3;1H. The van der Waals surface area contributed by atoms with Gasteiger partial charge in [0, 0.05) is 4.53 Å². The van der Waals surface area contributed by atoms with Crippen molar-refractivity contribution in [2.45, 2.75) is 39.7 Å². The Morgan fingerprint density at radius 3 is 2.43 bits per heavy atom. The zero-order valence-electron chi connectivity index (χ0n) is 12.7. The number of hydrogen-bond acceptors (Lipinski definition) is 5. The van der Waals surface area contributed by atoms with Gasteiger partial charge in [0.15, 0.2) is 11.5 Å². The number of aliphatic hydroxyl groups is 1. The van der Waals surface area contributed by atoms with Crippen LogP contribution in [0.2, 0.25) is 0 Å². The summed E-state index contributed by atoms with van der Waals surface area (Å²) in [4.78, 5) is 10.9. The SMILES string of the molecule is CC.Cc1ccc(OCCO)c(OC2CC2)c1.O=COF. The second-order valence-electron chi connectivity index (χ2n) is 4.02. The highest BCUT2D eigenvalue weighted by atomic mass is 19.3. The molecule has 1 aromatic carbocycles. The molecule has 0 bridgehead atoms. The van der Waals surface area contributed by atoms with Crippen LogP contribution in [0, 0.1) is 6.92 Å². The zero-order chi connectivity index (χ0) is 16.1. The molecule has 0 heterocycles. The van der Waals surface area contributed by atoms with Crippen molar-refractivity contribution in [3.05, 3.63) is 23.8 Å². The van der Waals surface area contributed by atoms with Gasteiger partial charge in [-0.3, -0.25) is 9.74 Å². The molecule has 0 amide bonds. The van der Waals surface area contributed by atoms with E-state index in [0.717, 1.165) is 29.9 Å². The average Bonchev–Trinajstić information content (AvgIpc) is 3.33. The maximum Gasteiger partial charge on any atom is 0.337 e. The Labute approximate surface area is 124 Å². The largest absolute Gasteiger partial charge is 0.487 e. The highest BCUT2D eigenvalue weighted by Crippen LogP contribution is 2.34. The van der Waals surface area contributed by atoms with Crippen LogP contribution >= 0.6 is 0 Å². The van der Waals surface area contributed by atoms with E-state index in [0.29, 0.717) is 12.7 Å². The normalized spacial score (nSPS) is 12.0. The quantitative estimate of drug-likeness (QED) is 0.818. The third kappa shape index (κ3) is 8.86. The molecule has 0 aromatic heterocycles. The monoisotopic (exact) mass is 302 g/mol. The number of aryl methyl sites for hydroxylation is 1. The van der Waals surface area contributed by atoms with Crippen molar-refractivity contribution < 1.29 is 28.8 Å². The van der Waals surface area contributed by atoms with Crippen LogP contribution in [0.1, 0.15) is 32.3 Å². The Kier molecular flexibility index (Phi) is 10.9. The summed E-state index contributed by atoms with van der Waals surface area (Å²) in [5, 5.41) is 8.70. The minimum Gasteiger partial charge on any atom is -0.487 e. The van der Waals surface area contributed by atoms with E-state index < -0.39 is 0 Å². The molecule has 0 spiro atoms. The summed E-state index contributed by atoms with van der Waals surface area (Å²) in [5.74, 6) is 1.52. The van der Waals surface area contributed by atoms with Crippen LogP contribution in [-0.2, 0) is 9.74 Å². The Morgan fingerprint density at radius 2 is 1.95 bits per heavy atom. The Hall–Kier alpha value is -1.82. The van der Waals surface area contributed by atoms with Crippen LogP contribution < -0.4 is 9.47 Å². The molecule has 1 aromatic rings. The van der Waals surface area contributed by atoms with Gasteiger partial charge >= 0.3 is 6.47 Å². The van der Waals surface area contributed by atoms with Crippen LogP contribution in [0.5, 0.6) is 11.5 Å². The summed E-state index contributed by atoms with van der Waals surface area (Å²) >= 11 is 0. The fraction of sp³-hybridized carbons (Fsp3) is 0.533. The lowest BCUT2D eigenvalue weighted by molar-refractivity contribution is -0.165. The Bertz CT molecular complexity index is 394. The first-order valence-electron chi connectivity index (χ1n) is 6.93. The predicted octanol–water partition coefficient (Wildman–Crippen LogP) is 2.98. The van der Waals surface area contributed by atoms with E-state index in [2.05, 4.69) is 4.94 Å². The summed E-state index contributed by atoms with van der Waals surface area (Å²) in [6, 6.07) is 5.85. The fourth-order valence-corrected chi connectivity index (χ4v) is 1.35. The maximum atomic E-state index is 9.85. The van der Waals surface area contributed by atoms with Crippen LogP contribution in [0.3, 0.4) is 0 Å². The van der Waals surface area contributed by atoms with E-state index in [-0.39, 0.29) is 13.1 Å². The van der Waals surface area contributed by atoms with Crippen molar-refractivity contribution in [3.63, 3.8) is 0 Å². The summed E-state index contributed by atoms with van der Waals surface area (Å²) < 4.78 is 21.0. The molecule has 0 saturated heterocycles. The van der Waals surface area contributed by atoms with Crippen LogP contribution in [0.15, 0.2) is 18.2 Å². The van der Waals surface area contributed by atoms with Gasteiger partial charge in [-0.05, 0) is 37.5 Å². The highest BCUT2D eigenvalue weighted by Gasteiger charge is 2.24. The molecule has 1 aliphatic carbocycles. The second kappa shape index (κ2) is 12.0. The van der Waals surface area contributed by atoms with Crippen molar-refractivity contribution >= 4 is 6.47 Å². The van der Waals surface area contributed by atoms with Crippen molar-refractivity contribution in [1.82, 2.24) is 0 Å². The molecule has 0 radical (unpaired) electrons. The number of ether oxygens (including phenoxy) is 2. The van der Waals surface area contributed by atoms with Gasteiger partial charge < -0.3 is 14.6 Å². The molecule has 6 heteroatoms. The molecular weight excluding hydrogens is 279 g/mol. The number of rotatable bonds is 6. The molecule has 1 saturated carbocycles. The highest BCUT2D eigenvalue weighted by molar-refractivity contribution is 5.43. The molecule has 0 aliphatic heterocycles. The van der Waals surface area contributed by atoms with E-state index in [1.165, 1.54) is 0 Å². The maximum absolute atomic E-state index is 9.85. The fourth-order valence-electron chi connectivity index (χ4n) is 1.35. The van der Waals surface area contributed by atoms with Gasteiger partial charge in [-0.15, -0.1) is 0 Å². The van der Waals surface area contributed by atoms with E-state index in [4.69, 9.17) is 19.4 Å². The molecule has 1 aliphatic rings. The van der Waals surface area contributed by atoms with Crippen LogP contribution in [0.25, 0.3) is 0 Å². The molecule has 120 valence electrons. The molecule has 0 unspecified atom stereocenters. The first kappa shape index (κ1) is 19.2. The topological polar surface area (TPSA) is 65.0 Å². The molecule has 21 heavy (non-hydrogen) atoms. The number of carbonyl (C=O) groups excluding carboxylic acids is 1. The van der Waals surface area contributed by atoms with Gasteiger partial charge in [0.2, 0.25) is 0 Å². The molecule has 1 N–H and O–H groups in total. The number of benzene rings is 1. The minimum absolute atomic E-state index is 0.0245. The van der Waals surface area contributed by atoms with Crippen molar-refractivity contribution in [1.29, 1.82) is 0 Å². The number of aliphatic hydroxyl groups excluding tert-OH is 1. The van der Waals surface area contributed by atoms with Crippen LogP contribution in [-0.4, -0.2) is 30.9 Å². The van der Waals surface area contributed by atoms with Gasteiger partial charge in [0.05, 0.1) is 12.7 Å². The van der Waals surface area contributed by atoms with Crippen molar-refractivity contribution in [2.75, 3.05) is 13.2 Å². The first-order valence-corrected chi connectivity index (χ1v) is 6.93. The third-order valence-corrected chi connectivity index (χ3v) is 2.30. The average molecular weight is 302 g/mol. The van der Waals surface area contributed by atoms with E-state index >= 15 is 0 Å². The van der Waals surface area contributed by atoms with Gasteiger partial charge in [-0.25, -0.2) is 0 Å². The lowest BCUT2D eigenvalue weighted by Gasteiger charge is -2.12. The summed E-state index contributed by atoms with van der Waals surface area (Å²) in [7, 11) is 0. The third-order valence-electron chi connectivity index (χ3n) is 2.30. The minimum atomic E-state index is -0.292. The first-order chi connectivity index (χ1) is 10.2. The molecular formula is C15H23FO5.